The minimum Gasteiger partial charge on any atom is -0.491 e. The van der Waals surface area contributed by atoms with Gasteiger partial charge in [-0.25, -0.2) is 27.5 Å². The maximum Gasteiger partial charge on any atom is 0.227 e. The molecule has 172 valence electrons. The average Bonchev–Trinajstić information content (AvgIpc) is 2.79. The van der Waals surface area contributed by atoms with Gasteiger partial charge in [0.2, 0.25) is 5.95 Å². The summed E-state index contributed by atoms with van der Waals surface area (Å²) in [5, 5.41) is 6.30. The summed E-state index contributed by atoms with van der Waals surface area (Å²) in [4.78, 5) is 8.13. The minimum absolute atomic E-state index is 0.0732. The van der Waals surface area contributed by atoms with Gasteiger partial charge < -0.3 is 20.1 Å². The van der Waals surface area contributed by atoms with Gasteiger partial charge in [-0.3, -0.25) is 0 Å². The van der Waals surface area contributed by atoms with Gasteiger partial charge in [-0.15, -0.1) is 0 Å². The summed E-state index contributed by atoms with van der Waals surface area (Å²) in [6, 6.07) is 0.143. The maximum atomic E-state index is 13.7. The number of piperidine rings is 1. The van der Waals surface area contributed by atoms with Crippen molar-refractivity contribution in [3.05, 3.63) is 70.9 Å². The van der Waals surface area contributed by atoms with E-state index in [0.717, 1.165) is 37.4 Å². The van der Waals surface area contributed by atoms with Gasteiger partial charge in [0.25, 0.3) is 0 Å². The molecule has 1 aromatic carbocycles. The van der Waals surface area contributed by atoms with E-state index in [1.54, 1.807) is 0 Å². The number of rotatable bonds is 8. The molecule has 10 heteroatoms. The lowest BCUT2D eigenvalue weighted by atomic mass is 10.1. The zero-order chi connectivity index (χ0) is 23.1. The fraction of sp³-hybridized carbons (Fsp3) is 0.364. The van der Waals surface area contributed by atoms with Crippen molar-refractivity contribution >= 4 is 5.95 Å². The molecule has 1 fully saturated rings. The third kappa shape index (κ3) is 6.19. The first-order valence-electron chi connectivity index (χ1n) is 10.1. The van der Waals surface area contributed by atoms with Crippen molar-refractivity contribution in [3.63, 3.8) is 0 Å². The first kappa shape index (κ1) is 23.5. The standard InChI is InChI=1S/C22H24F4N4O2/c1-3-14(32-15-4-6-27-7-5-15)8-13(2)30-22-28-10-16(11-29-22)31-12-17-20(25)18(23)9-19(24)21(17)26/h3,8-11,15,27H,4-7,12H2,1-2H3,(H,28,29,30)/b13-8+,14-3+. The Morgan fingerprint density at radius 1 is 1.12 bits per heavy atom. The Morgan fingerprint density at radius 2 is 1.75 bits per heavy atom. The number of hydrogen-bond donors (Lipinski definition) is 2. The molecule has 1 aliphatic heterocycles. The molecule has 0 unspecified atom stereocenters. The first-order valence-corrected chi connectivity index (χ1v) is 10.1. The second-order valence-corrected chi connectivity index (χ2v) is 7.19. The van der Waals surface area contributed by atoms with Gasteiger partial charge in [0.05, 0.1) is 18.0 Å². The predicted molar refractivity (Wildman–Crippen MR) is 111 cm³/mol. The Morgan fingerprint density at radius 3 is 2.34 bits per heavy atom. The average molecular weight is 452 g/mol. The zero-order valence-electron chi connectivity index (χ0n) is 17.7. The number of allylic oxidation sites excluding steroid dienone is 3. The van der Waals surface area contributed by atoms with Crippen LogP contribution in [0.3, 0.4) is 0 Å². The molecule has 2 heterocycles. The Kier molecular flexibility index (Phi) is 8.04. The molecular formula is C22H24F4N4O2. The van der Waals surface area contributed by atoms with E-state index < -0.39 is 35.4 Å². The lowest BCUT2D eigenvalue weighted by molar-refractivity contribution is 0.0955. The van der Waals surface area contributed by atoms with Crippen molar-refractivity contribution < 1.29 is 27.0 Å². The molecule has 1 saturated heterocycles. The maximum absolute atomic E-state index is 13.7. The molecule has 6 nitrogen and oxygen atoms in total. The van der Waals surface area contributed by atoms with E-state index >= 15 is 0 Å². The lowest BCUT2D eigenvalue weighted by Gasteiger charge is -2.24. The van der Waals surface area contributed by atoms with Gasteiger partial charge in [0, 0.05) is 11.8 Å². The van der Waals surface area contributed by atoms with Crippen molar-refractivity contribution in [3.8, 4) is 5.75 Å². The molecule has 1 aromatic heterocycles. The van der Waals surface area contributed by atoms with Crippen LogP contribution in [0.2, 0.25) is 0 Å². The van der Waals surface area contributed by atoms with Crippen LogP contribution in [0.15, 0.2) is 42.1 Å². The third-order valence-corrected chi connectivity index (χ3v) is 4.76. The highest BCUT2D eigenvalue weighted by molar-refractivity contribution is 5.36. The van der Waals surface area contributed by atoms with Gasteiger partial charge in [-0.1, -0.05) is 0 Å². The monoisotopic (exact) mass is 452 g/mol. The predicted octanol–water partition coefficient (Wildman–Crippen LogP) is 4.60. The topological polar surface area (TPSA) is 68.3 Å². The molecule has 1 aliphatic rings. The molecule has 0 saturated carbocycles. The highest BCUT2D eigenvalue weighted by Crippen LogP contribution is 2.21. The van der Waals surface area contributed by atoms with Crippen LogP contribution in [0, 0.1) is 23.3 Å². The highest BCUT2D eigenvalue weighted by Gasteiger charge is 2.19. The molecule has 3 rings (SSSR count). The zero-order valence-corrected chi connectivity index (χ0v) is 17.7. The Labute approximate surface area is 183 Å². The number of nitrogens with zero attached hydrogens (tertiary/aromatic N) is 2. The molecule has 0 spiro atoms. The molecule has 0 radical (unpaired) electrons. The number of hydrogen-bond acceptors (Lipinski definition) is 6. The third-order valence-electron chi connectivity index (χ3n) is 4.76. The molecule has 2 N–H and O–H groups in total. The summed E-state index contributed by atoms with van der Waals surface area (Å²) in [5.41, 5.74) is -0.115. The number of ether oxygens (including phenoxy) is 2. The summed E-state index contributed by atoms with van der Waals surface area (Å²) in [6.45, 7) is 4.85. The molecule has 32 heavy (non-hydrogen) atoms. The second-order valence-electron chi connectivity index (χ2n) is 7.19. The van der Waals surface area contributed by atoms with Gasteiger partial charge in [0.1, 0.15) is 18.5 Å². The van der Waals surface area contributed by atoms with Crippen LogP contribution in [0.5, 0.6) is 5.75 Å². The number of benzene rings is 1. The summed E-state index contributed by atoms with van der Waals surface area (Å²) in [5.74, 6) is -4.93. The van der Waals surface area contributed by atoms with Crippen LogP contribution in [0.4, 0.5) is 23.5 Å². The van der Waals surface area contributed by atoms with Crippen LogP contribution in [-0.2, 0) is 11.3 Å². The number of aromatic nitrogens is 2. The largest absolute Gasteiger partial charge is 0.491 e. The van der Waals surface area contributed by atoms with Gasteiger partial charge in [0.15, 0.2) is 29.0 Å². The van der Waals surface area contributed by atoms with Crippen LogP contribution in [-0.4, -0.2) is 29.2 Å². The molecular weight excluding hydrogens is 428 g/mol. The fourth-order valence-corrected chi connectivity index (χ4v) is 3.08. The molecule has 0 amide bonds. The summed E-state index contributed by atoms with van der Waals surface area (Å²) >= 11 is 0. The van der Waals surface area contributed by atoms with Crippen LogP contribution in [0.1, 0.15) is 32.3 Å². The molecule has 2 aromatic rings. The van der Waals surface area contributed by atoms with E-state index in [-0.39, 0.29) is 23.9 Å². The minimum atomic E-state index is -1.50. The fourth-order valence-electron chi connectivity index (χ4n) is 3.08. The van der Waals surface area contributed by atoms with E-state index in [0.29, 0.717) is 0 Å². The smallest absolute Gasteiger partial charge is 0.227 e. The quantitative estimate of drug-likeness (QED) is 0.264. The Balaban J connectivity index is 1.58. The summed E-state index contributed by atoms with van der Waals surface area (Å²) < 4.78 is 65.1. The lowest BCUT2D eigenvalue weighted by Crippen LogP contribution is -2.32. The number of halogens is 4. The molecule has 0 aliphatic carbocycles. The van der Waals surface area contributed by atoms with E-state index in [1.807, 2.05) is 26.0 Å². The van der Waals surface area contributed by atoms with Gasteiger partial charge in [-0.2, -0.15) is 0 Å². The Hall–Kier alpha value is -3.14. The number of nitrogens with one attached hydrogen (secondary N) is 2. The van der Waals surface area contributed by atoms with Gasteiger partial charge >= 0.3 is 0 Å². The molecule has 0 atom stereocenters. The van der Waals surface area contributed by atoms with E-state index in [1.165, 1.54) is 12.4 Å². The molecule has 0 bridgehead atoms. The van der Waals surface area contributed by atoms with Gasteiger partial charge in [-0.05, 0) is 51.9 Å². The van der Waals surface area contributed by atoms with Crippen LogP contribution < -0.4 is 15.4 Å². The summed E-state index contributed by atoms with van der Waals surface area (Å²) in [7, 11) is 0. The van der Waals surface area contributed by atoms with Crippen molar-refractivity contribution in [1.82, 2.24) is 15.3 Å². The van der Waals surface area contributed by atoms with Crippen molar-refractivity contribution in [2.75, 3.05) is 18.4 Å². The van der Waals surface area contributed by atoms with E-state index in [9.17, 15) is 17.6 Å². The summed E-state index contributed by atoms with van der Waals surface area (Å²) in [6.07, 6.45) is 8.31. The van der Waals surface area contributed by atoms with E-state index in [4.69, 9.17) is 9.47 Å². The normalized spacial score (nSPS) is 15.6. The van der Waals surface area contributed by atoms with Crippen molar-refractivity contribution in [2.45, 2.75) is 39.4 Å². The highest BCUT2D eigenvalue weighted by atomic mass is 19.2. The van der Waals surface area contributed by atoms with E-state index in [2.05, 4.69) is 20.6 Å². The van der Waals surface area contributed by atoms with Crippen LogP contribution >= 0.6 is 0 Å². The Bertz CT molecular complexity index is 964. The first-order chi connectivity index (χ1) is 15.4. The SMILES string of the molecule is C/C=C(\C=C(/C)Nc1ncc(OCc2c(F)c(F)cc(F)c2F)cn1)OC1CCNCC1. The van der Waals surface area contributed by atoms with Crippen LogP contribution in [0.25, 0.3) is 0 Å². The second kappa shape index (κ2) is 10.9. The number of anilines is 1. The van der Waals surface area contributed by atoms with Crippen molar-refractivity contribution in [2.24, 2.45) is 0 Å². The van der Waals surface area contributed by atoms with Crippen molar-refractivity contribution in [1.29, 1.82) is 0 Å².